The maximum Gasteiger partial charge on any atom is 0.249 e. The first-order chi connectivity index (χ1) is 8.42. The van der Waals surface area contributed by atoms with Gasteiger partial charge in [0.1, 0.15) is 0 Å². The van der Waals surface area contributed by atoms with Crippen molar-refractivity contribution in [2.45, 2.75) is 26.0 Å². The monoisotopic (exact) mass is 248 g/mol. The van der Waals surface area contributed by atoms with E-state index in [1.54, 1.807) is 6.07 Å². The molecule has 0 bridgehead atoms. The fourth-order valence-corrected chi connectivity index (χ4v) is 2.34. The summed E-state index contributed by atoms with van der Waals surface area (Å²) in [6, 6.07) is 7.36. The second-order valence-electron chi connectivity index (χ2n) is 5.42. The highest BCUT2D eigenvalue weighted by molar-refractivity contribution is 5.94. The van der Waals surface area contributed by atoms with Crippen LogP contribution in [0, 0.1) is 5.92 Å². The van der Waals surface area contributed by atoms with E-state index in [2.05, 4.69) is 4.90 Å². The van der Waals surface area contributed by atoms with Gasteiger partial charge in [-0.05, 0) is 17.5 Å². The Bertz CT molecular complexity index is 451. The van der Waals surface area contributed by atoms with Gasteiger partial charge in [-0.3, -0.25) is 9.69 Å². The molecule has 18 heavy (non-hydrogen) atoms. The lowest BCUT2D eigenvalue weighted by atomic mass is 9.82. The van der Waals surface area contributed by atoms with Crippen LogP contribution in [0.1, 0.15) is 29.8 Å². The Labute approximate surface area is 107 Å². The van der Waals surface area contributed by atoms with Gasteiger partial charge in [-0.1, -0.05) is 32.0 Å². The number of carbonyl (C=O) groups is 1. The van der Waals surface area contributed by atoms with Crippen LogP contribution in [0.4, 0.5) is 0 Å². The van der Waals surface area contributed by atoms with Gasteiger partial charge in [0, 0.05) is 25.2 Å². The number of amides is 1. The van der Waals surface area contributed by atoms with Crippen molar-refractivity contribution in [1.29, 1.82) is 0 Å². The van der Waals surface area contributed by atoms with Crippen LogP contribution in [-0.2, 0) is 6.54 Å². The number of primary amides is 1. The molecule has 4 heteroatoms. The SMILES string of the molecule is CC(C)C1(O)CN(Cc2ccccc2C(N)=O)C1. The van der Waals surface area contributed by atoms with Crippen LogP contribution in [-0.4, -0.2) is 34.6 Å². The molecule has 1 fully saturated rings. The van der Waals surface area contributed by atoms with E-state index >= 15 is 0 Å². The molecule has 1 aliphatic heterocycles. The summed E-state index contributed by atoms with van der Waals surface area (Å²) in [6.45, 7) is 6.01. The second kappa shape index (κ2) is 4.71. The van der Waals surface area contributed by atoms with E-state index in [1.807, 2.05) is 32.0 Å². The topological polar surface area (TPSA) is 66.6 Å². The molecular formula is C14H20N2O2. The number of nitrogens with zero attached hydrogens (tertiary/aromatic N) is 1. The van der Waals surface area contributed by atoms with Crippen LogP contribution in [0.25, 0.3) is 0 Å². The molecule has 0 aromatic heterocycles. The first-order valence-electron chi connectivity index (χ1n) is 6.25. The zero-order chi connectivity index (χ0) is 13.3. The number of carbonyl (C=O) groups excluding carboxylic acids is 1. The Morgan fingerprint density at radius 1 is 1.44 bits per heavy atom. The Morgan fingerprint density at radius 3 is 2.61 bits per heavy atom. The third-order valence-corrected chi connectivity index (χ3v) is 3.75. The average molecular weight is 248 g/mol. The van der Waals surface area contributed by atoms with Crippen molar-refractivity contribution in [2.75, 3.05) is 13.1 Å². The second-order valence-corrected chi connectivity index (χ2v) is 5.42. The largest absolute Gasteiger partial charge is 0.387 e. The van der Waals surface area contributed by atoms with Crippen molar-refractivity contribution < 1.29 is 9.90 Å². The van der Waals surface area contributed by atoms with Gasteiger partial charge in [0.25, 0.3) is 0 Å². The van der Waals surface area contributed by atoms with Gasteiger partial charge in [0.15, 0.2) is 0 Å². The van der Waals surface area contributed by atoms with Crippen LogP contribution in [0.5, 0.6) is 0 Å². The predicted octanol–water partition coefficient (Wildman–Crippen LogP) is 0.988. The third-order valence-electron chi connectivity index (χ3n) is 3.75. The molecular weight excluding hydrogens is 228 g/mol. The molecule has 0 aliphatic carbocycles. The van der Waals surface area contributed by atoms with Crippen LogP contribution in [0.15, 0.2) is 24.3 Å². The molecule has 0 spiro atoms. The zero-order valence-electron chi connectivity index (χ0n) is 10.9. The fraction of sp³-hybridized carbons (Fsp3) is 0.500. The summed E-state index contributed by atoms with van der Waals surface area (Å²) >= 11 is 0. The van der Waals surface area contributed by atoms with Gasteiger partial charge in [-0.25, -0.2) is 0 Å². The maximum absolute atomic E-state index is 11.3. The molecule has 0 radical (unpaired) electrons. The Balaban J connectivity index is 2.03. The first kappa shape index (κ1) is 13.1. The van der Waals surface area contributed by atoms with Crippen molar-refractivity contribution in [1.82, 2.24) is 4.90 Å². The Kier molecular flexibility index (Phi) is 3.41. The van der Waals surface area contributed by atoms with Gasteiger partial charge >= 0.3 is 0 Å². The molecule has 4 nitrogen and oxygen atoms in total. The molecule has 3 N–H and O–H groups in total. The molecule has 98 valence electrons. The predicted molar refractivity (Wildman–Crippen MR) is 70.0 cm³/mol. The van der Waals surface area contributed by atoms with Gasteiger partial charge in [-0.15, -0.1) is 0 Å². The summed E-state index contributed by atoms with van der Waals surface area (Å²) in [6.07, 6.45) is 0. The first-order valence-corrected chi connectivity index (χ1v) is 6.25. The molecule has 0 unspecified atom stereocenters. The van der Waals surface area contributed by atoms with E-state index < -0.39 is 11.5 Å². The van der Waals surface area contributed by atoms with Crippen LogP contribution in [0.3, 0.4) is 0 Å². The molecule has 1 heterocycles. The van der Waals surface area contributed by atoms with Crippen LogP contribution in [0.2, 0.25) is 0 Å². The Morgan fingerprint density at radius 2 is 2.06 bits per heavy atom. The van der Waals surface area contributed by atoms with Crippen molar-refractivity contribution in [3.8, 4) is 0 Å². The number of benzene rings is 1. The summed E-state index contributed by atoms with van der Waals surface area (Å²) in [5, 5.41) is 10.2. The summed E-state index contributed by atoms with van der Waals surface area (Å²) in [5.41, 5.74) is 6.26. The van der Waals surface area contributed by atoms with Crippen LogP contribution < -0.4 is 5.73 Å². The van der Waals surface area contributed by atoms with E-state index in [1.165, 1.54) is 0 Å². The molecule has 1 amide bonds. The van der Waals surface area contributed by atoms with Gasteiger partial charge in [-0.2, -0.15) is 0 Å². The lowest BCUT2D eigenvalue weighted by Gasteiger charge is -2.49. The van der Waals surface area contributed by atoms with E-state index in [0.29, 0.717) is 25.2 Å². The minimum absolute atomic E-state index is 0.250. The maximum atomic E-state index is 11.3. The minimum Gasteiger partial charge on any atom is -0.387 e. The van der Waals surface area contributed by atoms with Crippen molar-refractivity contribution in [3.63, 3.8) is 0 Å². The summed E-state index contributed by atoms with van der Waals surface area (Å²) in [7, 11) is 0. The van der Waals surface area contributed by atoms with Crippen LogP contribution >= 0.6 is 0 Å². The van der Waals surface area contributed by atoms with E-state index in [-0.39, 0.29) is 5.92 Å². The molecule has 0 atom stereocenters. The van der Waals surface area contributed by atoms with E-state index in [0.717, 1.165) is 5.56 Å². The minimum atomic E-state index is -0.582. The lowest BCUT2D eigenvalue weighted by molar-refractivity contribution is -0.130. The molecule has 1 saturated heterocycles. The number of rotatable bonds is 4. The summed E-state index contributed by atoms with van der Waals surface area (Å²) < 4.78 is 0. The Hall–Kier alpha value is -1.39. The highest BCUT2D eigenvalue weighted by atomic mass is 16.3. The normalized spacial score (nSPS) is 18.7. The van der Waals surface area contributed by atoms with Gasteiger partial charge in [0.05, 0.1) is 5.60 Å². The summed E-state index contributed by atoms with van der Waals surface area (Å²) in [4.78, 5) is 13.4. The third kappa shape index (κ3) is 2.40. The number of hydrogen-bond donors (Lipinski definition) is 2. The number of hydrogen-bond acceptors (Lipinski definition) is 3. The number of β-amino-alcohol motifs (C(OH)–C–C–N with tert-alkyl or cyclic N) is 1. The summed E-state index contributed by atoms with van der Waals surface area (Å²) in [5.74, 6) is -0.148. The number of aliphatic hydroxyl groups is 1. The molecule has 1 aliphatic rings. The molecule has 0 saturated carbocycles. The smallest absolute Gasteiger partial charge is 0.249 e. The standard InChI is InChI=1S/C14H20N2O2/c1-10(2)14(18)8-16(9-14)7-11-5-3-4-6-12(11)13(15)17/h3-6,10,18H,7-9H2,1-2H3,(H2,15,17). The molecule has 1 aromatic carbocycles. The highest BCUT2D eigenvalue weighted by Crippen LogP contribution is 2.30. The fourth-order valence-electron chi connectivity index (χ4n) is 2.34. The van der Waals surface area contributed by atoms with E-state index in [4.69, 9.17) is 5.73 Å². The van der Waals surface area contributed by atoms with Crippen molar-refractivity contribution in [2.24, 2.45) is 11.7 Å². The van der Waals surface area contributed by atoms with Gasteiger partial charge in [0.2, 0.25) is 5.91 Å². The zero-order valence-corrected chi connectivity index (χ0v) is 10.9. The van der Waals surface area contributed by atoms with Crippen molar-refractivity contribution >= 4 is 5.91 Å². The number of nitrogens with two attached hydrogens (primary N) is 1. The van der Waals surface area contributed by atoms with E-state index in [9.17, 15) is 9.90 Å². The highest BCUT2D eigenvalue weighted by Gasteiger charge is 2.43. The molecule has 1 aromatic rings. The molecule has 2 rings (SSSR count). The van der Waals surface area contributed by atoms with Gasteiger partial charge < -0.3 is 10.8 Å². The van der Waals surface area contributed by atoms with Crippen molar-refractivity contribution in [3.05, 3.63) is 35.4 Å². The lowest BCUT2D eigenvalue weighted by Crippen LogP contribution is -2.63. The quantitative estimate of drug-likeness (QED) is 0.835. The average Bonchev–Trinajstić information content (AvgIpc) is 2.27. The number of likely N-dealkylation sites (tertiary alicyclic amines) is 1.